The fourth-order valence-electron chi connectivity index (χ4n) is 2.28. The molecular weight excluding hydrogens is 332 g/mol. The Bertz CT molecular complexity index is 886. The third-order valence-electron chi connectivity index (χ3n) is 3.62. The highest BCUT2D eigenvalue weighted by Gasteiger charge is 2.14. The van der Waals surface area contributed by atoms with E-state index in [4.69, 9.17) is 9.26 Å². The van der Waals surface area contributed by atoms with Crippen LogP contribution in [0.4, 0.5) is 5.69 Å². The number of hydrogen-bond donors (Lipinski definition) is 1. The van der Waals surface area contributed by atoms with Gasteiger partial charge in [0.05, 0.1) is 12.2 Å². The first-order valence-corrected chi connectivity index (χ1v) is 8.28. The Kier molecular flexibility index (Phi) is 5.43. The highest BCUT2D eigenvalue weighted by atomic mass is 16.5. The van der Waals surface area contributed by atoms with E-state index >= 15 is 0 Å². The molecule has 0 saturated carbocycles. The highest BCUT2D eigenvalue weighted by molar-refractivity contribution is 6.03. The van der Waals surface area contributed by atoms with Crippen molar-refractivity contribution in [3.8, 4) is 11.3 Å². The standard InChI is InChI=1S/C20H18N2O4/c1-2-12-25-20(24)15-8-10-16(11-9-15)21-19(23)17-13-18(26-22-17)14-6-4-3-5-7-14/h3-11,13H,2,12H2,1H3,(H,21,23). The smallest absolute Gasteiger partial charge is 0.338 e. The van der Waals surface area contributed by atoms with Gasteiger partial charge in [-0.05, 0) is 30.7 Å². The second-order valence-electron chi connectivity index (χ2n) is 5.61. The summed E-state index contributed by atoms with van der Waals surface area (Å²) in [5.41, 5.74) is 2.00. The number of carbonyl (C=O) groups excluding carboxylic acids is 2. The van der Waals surface area contributed by atoms with E-state index in [-0.39, 0.29) is 11.7 Å². The lowest BCUT2D eigenvalue weighted by Gasteiger charge is -2.05. The van der Waals surface area contributed by atoms with Crippen molar-refractivity contribution in [1.29, 1.82) is 0 Å². The number of benzene rings is 2. The van der Waals surface area contributed by atoms with Crippen LogP contribution in [0.25, 0.3) is 11.3 Å². The molecule has 0 radical (unpaired) electrons. The Balaban J connectivity index is 1.65. The number of amides is 1. The minimum Gasteiger partial charge on any atom is -0.462 e. The predicted octanol–water partition coefficient (Wildman–Crippen LogP) is 4.16. The average molecular weight is 350 g/mol. The van der Waals surface area contributed by atoms with Gasteiger partial charge in [-0.15, -0.1) is 0 Å². The molecule has 6 heteroatoms. The summed E-state index contributed by atoms with van der Waals surface area (Å²) in [5.74, 6) is -0.254. The molecule has 2 aromatic carbocycles. The molecule has 0 fully saturated rings. The van der Waals surface area contributed by atoms with E-state index in [1.807, 2.05) is 37.3 Å². The lowest BCUT2D eigenvalue weighted by Crippen LogP contribution is -2.12. The minimum atomic E-state index is -0.391. The van der Waals surface area contributed by atoms with Gasteiger partial charge in [0.2, 0.25) is 0 Å². The van der Waals surface area contributed by atoms with Crippen LogP contribution >= 0.6 is 0 Å². The zero-order valence-corrected chi connectivity index (χ0v) is 14.3. The van der Waals surface area contributed by atoms with Crippen molar-refractivity contribution >= 4 is 17.6 Å². The van der Waals surface area contributed by atoms with E-state index in [1.165, 1.54) is 0 Å². The number of anilines is 1. The van der Waals surface area contributed by atoms with E-state index in [0.717, 1.165) is 12.0 Å². The molecule has 0 unspecified atom stereocenters. The lowest BCUT2D eigenvalue weighted by atomic mass is 10.1. The van der Waals surface area contributed by atoms with Gasteiger partial charge in [0.15, 0.2) is 11.5 Å². The summed E-state index contributed by atoms with van der Waals surface area (Å²) >= 11 is 0. The molecule has 0 saturated heterocycles. The SMILES string of the molecule is CCCOC(=O)c1ccc(NC(=O)c2cc(-c3ccccc3)on2)cc1. The maximum absolute atomic E-state index is 12.3. The average Bonchev–Trinajstić information content (AvgIpc) is 3.18. The first-order chi connectivity index (χ1) is 12.7. The van der Waals surface area contributed by atoms with E-state index in [2.05, 4.69) is 10.5 Å². The molecule has 0 aliphatic carbocycles. The molecular formula is C20H18N2O4. The second kappa shape index (κ2) is 8.11. The van der Waals surface area contributed by atoms with E-state index in [0.29, 0.717) is 23.6 Å². The van der Waals surface area contributed by atoms with Crippen LogP contribution < -0.4 is 5.32 Å². The monoisotopic (exact) mass is 350 g/mol. The van der Waals surface area contributed by atoms with Gasteiger partial charge in [0.25, 0.3) is 5.91 Å². The molecule has 0 atom stereocenters. The Morgan fingerprint density at radius 3 is 2.50 bits per heavy atom. The number of carbonyl (C=O) groups is 2. The maximum atomic E-state index is 12.3. The molecule has 6 nitrogen and oxygen atoms in total. The summed E-state index contributed by atoms with van der Waals surface area (Å²) < 4.78 is 10.3. The summed E-state index contributed by atoms with van der Waals surface area (Å²) in [5, 5.41) is 6.53. The highest BCUT2D eigenvalue weighted by Crippen LogP contribution is 2.20. The van der Waals surface area contributed by atoms with Crippen molar-refractivity contribution in [3.05, 3.63) is 71.9 Å². The first-order valence-electron chi connectivity index (χ1n) is 8.28. The van der Waals surface area contributed by atoms with Crippen molar-refractivity contribution in [2.45, 2.75) is 13.3 Å². The summed E-state index contributed by atoms with van der Waals surface area (Å²) in [4.78, 5) is 24.1. The fraction of sp³-hybridized carbons (Fsp3) is 0.150. The van der Waals surface area contributed by atoms with E-state index in [1.54, 1.807) is 30.3 Å². The molecule has 3 rings (SSSR count). The van der Waals surface area contributed by atoms with Gasteiger partial charge >= 0.3 is 5.97 Å². The molecule has 3 aromatic rings. The van der Waals surface area contributed by atoms with Crippen molar-refractivity contribution in [2.24, 2.45) is 0 Å². The van der Waals surface area contributed by atoms with Crippen molar-refractivity contribution in [2.75, 3.05) is 11.9 Å². The second-order valence-corrected chi connectivity index (χ2v) is 5.61. The number of hydrogen-bond acceptors (Lipinski definition) is 5. The van der Waals surface area contributed by atoms with Gasteiger partial charge in [0, 0.05) is 17.3 Å². The van der Waals surface area contributed by atoms with Crippen LogP contribution in [0.1, 0.15) is 34.2 Å². The van der Waals surface area contributed by atoms with E-state index in [9.17, 15) is 9.59 Å². The molecule has 0 spiro atoms. The first kappa shape index (κ1) is 17.4. The lowest BCUT2D eigenvalue weighted by molar-refractivity contribution is 0.0505. The fourth-order valence-corrected chi connectivity index (χ4v) is 2.28. The predicted molar refractivity (Wildman–Crippen MR) is 96.9 cm³/mol. The minimum absolute atomic E-state index is 0.176. The molecule has 1 aromatic heterocycles. The number of aromatic nitrogens is 1. The van der Waals surface area contributed by atoms with Crippen LogP contribution in [-0.2, 0) is 4.74 Å². The van der Waals surface area contributed by atoms with Gasteiger partial charge in [-0.1, -0.05) is 42.4 Å². The van der Waals surface area contributed by atoms with Crippen molar-refractivity contribution in [1.82, 2.24) is 5.16 Å². The number of nitrogens with zero attached hydrogens (tertiary/aromatic N) is 1. The zero-order chi connectivity index (χ0) is 18.4. The van der Waals surface area contributed by atoms with Gasteiger partial charge in [0.1, 0.15) is 0 Å². The normalized spacial score (nSPS) is 10.3. The van der Waals surface area contributed by atoms with Crippen molar-refractivity contribution in [3.63, 3.8) is 0 Å². The summed E-state index contributed by atoms with van der Waals surface area (Å²) in [6.45, 7) is 2.31. The molecule has 0 bridgehead atoms. The van der Waals surface area contributed by atoms with Crippen LogP contribution in [0.3, 0.4) is 0 Å². The van der Waals surface area contributed by atoms with Crippen LogP contribution in [0.5, 0.6) is 0 Å². The molecule has 1 N–H and O–H groups in total. The van der Waals surface area contributed by atoms with Gasteiger partial charge < -0.3 is 14.6 Å². The summed E-state index contributed by atoms with van der Waals surface area (Å²) in [6.07, 6.45) is 0.766. The quantitative estimate of drug-likeness (QED) is 0.675. The Hall–Kier alpha value is -3.41. The van der Waals surface area contributed by atoms with Gasteiger partial charge in [-0.2, -0.15) is 0 Å². The van der Waals surface area contributed by atoms with Crippen molar-refractivity contribution < 1.29 is 18.8 Å². The van der Waals surface area contributed by atoms with Crippen LogP contribution in [0.2, 0.25) is 0 Å². The summed E-state index contributed by atoms with van der Waals surface area (Å²) in [7, 11) is 0. The molecule has 132 valence electrons. The molecule has 26 heavy (non-hydrogen) atoms. The Morgan fingerprint density at radius 1 is 1.08 bits per heavy atom. The zero-order valence-electron chi connectivity index (χ0n) is 14.3. The number of nitrogens with one attached hydrogen (secondary N) is 1. The van der Waals surface area contributed by atoms with Gasteiger partial charge in [-0.3, -0.25) is 4.79 Å². The maximum Gasteiger partial charge on any atom is 0.338 e. The largest absolute Gasteiger partial charge is 0.462 e. The third kappa shape index (κ3) is 4.16. The number of ether oxygens (including phenoxy) is 1. The number of rotatable bonds is 6. The van der Waals surface area contributed by atoms with Crippen LogP contribution in [0, 0.1) is 0 Å². The summed E-state index contributed by atoms with van der Waals surface area (Å²) in [6, 6.07) is 17.5. The topological polar surface area (TPSA) is 81.4 Å². The number of esters is 1. The van der Waals surface area contributed by atoms with Crippen LogP contribution in [0.15, 0.2) is 65.2 Å². The molecule has 1 amide bonds. The van der Waals surface area contributed by atoms with Crippen LogP contribution in [-0.4, -0.2) is 23.6 Å². The molecule has 0 aliphatic heterocycles. The van der Waals surface area contributed by atoms with E-state index < -0.39 is 5.91 Å². The molecule has 0 aliphatic rings. The van der Waals surface area contributed by atoms with Gasteiger partial charge in [-0.25, -0.2) is 4.79 Å². The third-order valence-corrected chi connectivity index (χ3v) is 3.62. The molecule has 1 heterocycles. The Labute approximate surface area is 150 Å². The Morgan fingerprint density at radius 2 is 1.81 bits per heavy atom.